The van der Waals surface area contributed by atoms with Gasteiger partial charge < -0.3 is 4.98 Å². The maximum atomic E-state index is 13.1. The van der Waals surface area contributed by atoms with Crippen LogP contribution in [0, 0.1) is 11.6 Å². The Hall–Kier alpha value is -2.21. The molecule has 0 saturated heterocycles. The summed E-state index contributed by atoms with van der Waals surface area (Å²) in [7, 11) is 0. The number of benzene rings is 2. The summed E-state index contributed by atoms with van der Waals surface area (Å²) in [5, 5.41) is 0. The Morgan fingerprint density at radius 3 is 1.86 bits per heavy atom. The monoisotopic (exact) mass is 444 g/mol. The van der Waals surface area contributed by atoms with Crippen molar-refractivity contribution in [2.45, 2.75) is 33.0 Å². The van der Waals surface area contributed by atoms with E-state index in [1.54, 1.807) is 30.6 Å². The Morgan fingerprint density at radius 1 is 1.04 bits per heavy atom. The van der Waals surface area contributed by atoms with Crippen molar-refractivity contribution >= 4 is 33.6 Å². The molecular formula is C22H24BBrF2N2. The predicted molar refractivity (Wildman–Crippen MR) is 118 cm³/mol. The number of H-pyrrole nitrogens is 1. The summed E-state index contributed by atoms with van der Waals surface area (Å²) in [6, 6.07) is 12.9. The molecule has 0 saturated carbocycles. The zero-order chi connectivity index (χ0) is 20.5. The molecule has 1 aromatic heterocycles. The lowest BCUT2D eigenvalue weighted by Gasteiger charge is -2.13. The lowest BCUT2D eigenvalue weighted by atomic mass is 9.39. The number of nitrogens with one attached hydrogen (secondary N) is 1. The highest BCUT2D eigenvalue weighted by Crippen LogP contribution is 2.08. The van der Waals surface area contributed by atoms with Gasteiger partial charge in [-0.1, -0.05) is 71.0 Å². The first-order chi connectivity index (χ1) is 13.4. The van der Waals surface area contributed by atoms with Crippen LogP contribution in [-0.2, 0) is 0 Å². The largest absolute Gasteiger partial charge is 0.348 e. The van der Waals surface area contributed by atoms with Gasteiger partial charge in [0.1, 0.15) is 11.6 Å². The van der Waals surface area contributed by atoms with Crippen molar-refractivity contribution in [3.8, 4) is 0 Å². The van der Waals surface area contributed by atoms with Crippen LogP contribution in [0.1, 0.15) is 32.4 Å². The fraction of sp³-hybridized carbons (Fsp3) is 0.227. The first-order valence-electron chi connectivity index (χ1n) is 9.18. The molecule has 1 N–H and O–H groups in total. The highest BCUT2D eigenvalue weighted by Gasteiger charge is 2.18. The molecule has 146 valence electrons. The number of allylic oxidation sites excluding steroid dienone is 2. The third-order valence-electron chi connectivity index (χ3n) is 4.32. The van der Waals surface area contributed by atoms with Gasteiger partial charge in [0, 0.05) is 11.9 Å². The van der Waals surface area contributed by atoms with Crippen LogP contribution in [0.4, 0.5) is 8.78 Å². The van der Waals surface area contributed by atoms with E-state index >= 15 is 0 Å². The molecule has 0 unspecified atom stereocenters. The second kappa shape index (κ2) is 11.0. The van der Waals surface area contributed by atoms with Gasteiger partial charge in [0.2, 0.25) is 6.71 Å². The van der Waals surface area contributed by atoms with Gasteiger partial charge >= 0.3 is 0 Å². The summed E-state index contributed by atoms with van der Waals surface area (Å²) < 4.78 is 27.1. The Bertz CT molecular complexity index is 811. The van der Waals surface area contributed by atoms with Gasteiger partial charge in [-0.3, -0.25) is 0 Å². The van der Waals surface area contributed by atoms with E-state index in [0.717, 1.165) is 21.7 Å². The number of halogens is 3. The van der Waals surface area contributed by atoms with Gasteiger partial charge in [-0.05, 0) is 47.9 Å². The Labute approximate surface area is 174 Å². The van der Waals surface area contributed by atoms with Crippen molar-refractivity contribution in [2.24, 2.45) is 0 Å². The number of rotatable bonds is 5. The number of hydrogen-bond donors (Lipinski definition) is 1. The number of aromatic amines is 1. The van der Waals surface area contributed by atoms with Crippen LogP contribution in [0.3, 0.4) is 0 Å². The molecular weight excluding hydrogens is 421 g/mol. The maximum Gasteiger partial charge on any atom is 0.213 e. The van der Waals surface area contributed by atoms with Crippen LogP contribution in [-0.4, -0.2) is 16.7 Å². The fourth-order valence-corrected chi connectivity index (χ4v) is 2.90. The Balaban J connectivity index is 0.000000292. The van der Waals surface area contributed by atoms with Crippen molar-refractivity contribution in [1.82, 2.24) is 9.97 Å². The Kier molecular flexibility index (Phi) is 8.64. The van der Waals surface area contributed by atoms with Crippen molar-refractivity contribution < 1.29 is 8.78 Å². The summed E-state index contributed by atoms with van der Waals surface area (Å²) in [6.07, 6.45) is 6.39. The third-order valence-corrected chi connectivity index (χ3v) is 4.64. The van der Waals surface area contributed by atoms with Gasteiger partial charge in [-0.2, -0.15) is 0 Å². The number of hydrogen-bond acceptors (Lipinski definition) is 1. The van der Waals surface area contributed by atoms with E-state index < -0.39 is 0 Å². The maximum absolute atomic E-state index is 13.1. The molecule has 3 aromatic rings. The molecule has 6 heteroatoms. The van der Waals surface area contributed by atoms with Crippen molar-refractivity contribution in [3.05, 3.63) is 88.9 Å². The van der Waals surface area contributed by atoms with Gasteiger partial charge in [0.05, 0.1) is 6.33 Å². The first kappa shape index (κ1) is 22.1. The molecule has 0 amide bonds. The van der Waals surface area contributed by atoms with Crippen LogP contribution in [0.5, 0.6) is 0 Å². The van der Waals surface area contributed by atoms with E-state index in [1.165, 1.54) is 30.0 Å². The average Bonchev–Trinajstić information content (AvgIpc) is 3.20. The van der Waals surface area contributed by atoms with Crippen LogP contribution in [0.25, 0.3) is 0 Å². The number of imidazole rings is 1. The second-order valence-electron chi connectivity index (χ2n) is 6.84. The topological polar surface area (TPSA) is 28.7 Å². The summed E-state index contributed by atoms with van der Waals surface area (Å²) in [6.45, 7) is 6.32. The predicted octanol–water partition coefficient (Wildman–Crippen LogP) is 5.41. The van der Waals surface area contributed by atoms with Crippen LogP contribution < -0.4 is 10.9 Å². The minimum atomic E-state index is -0.251. The number of aromatic nitrogens is 2. The zero-order valence-electron chi connectivity index (χ0n) is 16.3. The Morgan fingerprint density at radius 2 is 1.54 bits per heavy atom. The number of nitrogens with zero attached hydrogens (tertiary/aromatic N) is 1. The van der Waals surface area contributed by atoms with Crippen LogP contribution in [0.2, 0.25) is 6.32 Å². The van der Waals surface area contributed by atoms with E-state index in [0.29, 0.717) is 5.92 Å². The molecule has 0 atom stereocenters. The zero-order valence-corrected chi connectivity index (χ0v) is 17.9. The smallest absolute Gasteiger partial charge is 0.213 e. The standard InChI is InChI=1S/C16H14BBrF2.C6H10N2/c1-12(18)10-11-17(13-2-6-15(19)7-3-13)14-4-8-16(20)9-5-14;1-5(2)6-3-7-4-8-6/h2-10H,11H2,1H3;3-5H,1-2H3,(H,7,8). The molecule has 0 aliphatic carbocycles. The molecule has 0 spiro atoms. The van der Waals surface area contributed by atoms with Gasteiger partial charge in [0.15, 0.2) is 0 Å². The van der Waals surface area contributed by atoms with Gasteiger partial charge in [-0.15, -0.1) is 0 Å². The lowest BCUT2D eigenvalue weighted by Crippen LogP contribution is -2.41. The summed E-state index contributed by atoms with van der Waals surface area (Å²) in [4.78, 5) is 6.91. The van der Waals surface area contributed by atoms with E-state index in [2.05, 4.69) is 45.8 Å². The highest BCUT2D eigenvalue weighted by molar-refractivity contribution is 9.11. The highest BCUT2D eigenvalue weighted by atomic mass is 79.9. The van der Waals surface area contributed by atoms with Crippen molar-refractivity contribution in [3.63, 3.8) is 0 Å². The second-order valence-corrected chi connectivity index (χ2v) is 8.09. The van der Waals surface area contributed by atoms with E-state index in [9.17, 15) is 8.78 Å². The third kappa shape index (κ3) is 7.08. The SMILES string of the molecule is CC(Br)=CCB(c1ccc(F)cc1)c1ccc(F)cc1.CC(C)c1cnc[nH]1. The van der Waals surface area contributed by atoms with Crippen LogP contribution >= 0.6 is 15.9 Å². The van der Waals surface area contributed by atoms with Crippen molar-refractivity contribution in [1.29, 1.82) is 0 Å². The van der Waals surface area contributed by atoms with Gasteiger partial charge in [0.25, 0.3) is 0 Å². The molecule has 0 bridgehead atoms. The lowest BCUT2D eigenvalue weighted by molar-refractivity contribution is 0.628. The summed E-state index contributed by atoms with van der Waals surface area (Å²) in [5.74, 6) is 0.0649. The molecule has 1 heterocycles. The van der Waals surface area contributed by atoms with Crippen LogP contribution in [0.15, 0.2) is 71.6 Å². The normalized spacial score (nSPS) is 11.2. The average molecular weight is 445 g/mol. The minimum absolute atomic E-state index is 0.0868. The molecule has 2 aromatic carbocycles. The first-order valence-corrected chi connectivity index (χ1v) is 9.97. The minimum Gasteiger partial charge on any atom is -0.348 e. The summed E-state index contributed by atoms with van der Waals surface area (Å²) in [5.41, 5.74) is 3.23. The van der Waals surface area contributed by atoms with E-state index in [4.69, 9.17) is 0 Å². The molecule has 0 aliphatic heterocycles. The summed E-state index contributed by atoms with van der Waals surface area (Å²) >= 11 is 3.41. The van der Waals surface area contributed by atoms with Crippen molar-refractivity contribution in [2.75, 3.05) is 0 Å². The molecule has 0 aliphatic rings. The molecule has 0 fully saturated rings. The quantitative estimate of drug-likeness (QED) is 0.524. The van der Waals surface area contributed by atoms with E-state index in [1.807, 2.05) is 13.1 Å². The molecule has 2 nitrogen and oxygen atoms in total. The van der Waals surface area contributed by atoms with Gasteiger partial charge in [-0.25, -0.2) is 13.8 Å². The molecule has 3 rings (SSSR count). The van der Waals surface area contributed by atoms with E-state index in [-0.39, 0.29) is 18.3 Å². The fourth-order valence-electron chi connectivity index (χ4n) is 2.72. The molecule has 0 radical (unpaired) electrons. The molecule has 28 heavy (non-hydrogen) atoms.